The lowest BCUT2D eigenvalue weighted by molar-refractivity contribution is -0.162. The average molecular weight is 501 g/mol. The first-order valence-corrected chi connectivity index (χ1v) is 15.5. The van der Waals surface area contributed by atoms with Gasteiger partial charge in [0.2, 0.25) is 0 Å². The normalized spacial score (nSPS) is 42.2. The predicted octanol–water partition coefficient (Wildman–Crippen LogP) is 7.64. The van der Waals surface area contributed by atoms with Gasteiger partial charge in [-0.1, -0.05) is 38.3 Å². The fourth-order valence-electron chi connectivity index (χ4n) is 9.30. The fraction of sp³-hybridized carbons (Fsp3) is 0.906. The van der Waals surface area contributed by atoms with Crippen LogP contribution in [0.15, 0.2) is 11.6 Å². The first-order valence-electron chi connectivity index (χ1n) is 15.5. The summed E-state index contributed by atoms with van der Waals surface area (Å²) in [7, 11) is 0. The van der Waals surface area contributed by atoms with Crippen LogP contribution < -0.4 is 0 Å². The number of ketones is 1. The van der Waals surface area contributed by atoms with Crippen LogP contribution >= 0.6 is 0 Å². The Morgan fingerprint density at radius 2 is 1.75 bits per heavy atom. The third-order valence-corrected chi connectivity index (χ3v) is 11.4. The summed E-state index contributed by atoms with van der Waals surface area (Å²) < 4.78 is 17.9. The molecule has 0 aromatic carbocycles. The molecule has 0 radical (unpaired) electrons. The highest BCUT2D eigenvalue weighted by atomic mass is 16.7. The molecule has 0 spiro atoms. The van der Waals surface area contributed by atoms with Gasteiger partial charge in [-0.05, 0) is 119 Å². The number of hydrogen-bond acceptors (Lipinski definition) is 4. The maximum Gasteiger partial charge on any atom is 0.157 e. The highest BCUT2D eigenvalue weighted by Gasteiger charge is 2.59. The smallest absolute Gasteiger partial charge is 0.157 e. The maximum atomic E-state index is 12.4. The van der Waals surface area contributed by atoms with E-state index in [4.69, 9.17) is 14.2 Å². The SMILES string of the molecule is CC(=O)[C@H]1CCC2C3CC=C4C[C@@H](OCCCCCCOC5CCCCO5)CC[C@]4(C)C3CC[C@@]21C. The number of allylic oxidation sites excluding steroid dienone is 1. The van der Waals surface area contributed by atoms with E-state index in [0.717, 1.165) is 69.7 Å². The Morgan fingerprint density at radius 3 is 2.50 bits per heavy atom. The van der Waals surface area contributed by atoms with Crippen molar-refractivity contribution in [3.63, 3.8) is 0 Å². The van der Waals surface area contributed by atoms with Gasteiger partial charge in [0, 0.05) is 25.7 Å². The van der Waals surface area contributed by atoms with Gasteiger partial charge < -0.3 is 14.2 Å². The zero-order valence-corrected chi connectivity index (χ0v) is 23.4. The van der Waals surface area contributed by atoms with Gasteiger partial charge in [0.15, 0.2) is 6.29 Å². The van der Waals surface area contributed by atoms with E-state index in [2.05, 4.69) is 19.9 Å². The summed E-state index contributed by atoms with van der Waals surface area (Å²) in [5.41, 5.74) is 2.32. The molecule has 8 atom stereocenters. The second-order valence-electron chi connectivity index (χ2n) is 13.4. The first-order chi connectivity index (χ1) is 17.4. The molecule has 4 fully saturated rings. The van der Waals surface area contributed by atoms with Crippen molar-refractivity contribution in [2.45, 2.75) is 129 Å². The minimum atomic E-state index is 0.0530. The van der Waals surface area contributed by atoms with E-state index in [1.54, 1.807) is 5.57 Å². The van der Waals surface area contributed by atoms with E-state index < -0.39 is 0 Å². The van der Waals surface area contributed by atoms with Crippen molar-refractivity contribution in [3.8, 4) is 0 Å². The van der Waals surface area contributed by atoms with Gasteiger partial charge in [-0.3, -0.25) is 4.79 Å². The molecule has 0 amide bonds. The lowest BCUT2D eigenvalue weighted by Crippen LogP contribution is -2.51. The first kappa shape index (κ1) is 26.9. The van der Waals surface area contributed by atoms with Crippen LogP contribution in [0.4, 0.5) is 0 Å². The van der Waals surface area contributed by atoms with Crippen molar-refractivity contribution in [2.75, 3.05) is 19.8 Å². The minimum Gasteiger partial charge on any atom is -0.378 e. The summed E-state index contributed by atoms with van der Waals surface area (Å²) in [4.78, 5) is 12.4. The molecular weight excluding hydrogens is 448 g/mol. The quantitative estimate of drug-likeness (QED) is 0.228. The Morgan fingerprint density at radius 1 is 0.944 bits per heavy atom. The van der Waals surface area contributed by atoms with E-state index in [1.165, 1.54) is 64.2 Å². The minimum absolute atomic E-state index is 0.0530. The summed E-state index contributed by atoms with van der Waals surface area (Å²) in [5, 5.41) is 0. The molecule has 4 aliphatic carbocycles. The third-order valence-electron chi connectivity index (χ3n) is 11.4. The van der Waals surface area contributed by atoms with Crippen LogP contribution in [0.5, 0.6) is 0 Å². The Labute approximate surface area is 220 Å². The van der Waals surface area contributed by atoms with Crippen molar-refractivity contribution in [3.05, 3.63) is 11.6 Å². The van der Waals surface area contributed by atoms with Gasteiger partial charge in [0.05, 0.1) is 6.10 Å². The lowest BCUT2D eigenvalue weighted by Gasteiger charge is -2.58. The molecule has 0 N–H and O–H groups in total. The molecule has 0 aromatic rings. The molecule has 3 saturated carbocycles. The van der Waals surface area contributed by atoms with Crippen LogP contribution in [0.2, 0.25) is 0 Å². The summed E-state index contributed by atoms with van der Waals surface area (Å²) in [5.74, 6) is 3.09. The van der Waals surface area contributed by atoms with Crippen LogP contribution in [0.1, 0.15) is 117 Å². The highest BCUT2D eigenvalue weighted by Crippen LogP contribution is 2.66. The number of fused-ring (bicyclic) bond motifs is 5. The molecular formula is C32H52O4. The van der Waals surface area contributed by atoms with Crippen molar-refractivity contribution in [1.29, 1.82) is 0 Å². The largest absolute Gasteiger partial charge is 0.378 e. The van der Waals surface area contributed by atoms with E-state index >= 15 is 0 Å². The average Bonchev–Trinajstić information content (AvgIpc) is 3.24. The molecule has 1 heterocycles. The standard InChI is InChI=1S/C32H52O4/c1-23(33)27-13-14-28-26-12-11-24-22-25(15-17-31(24,2)29(26)16-18-32(27,28)3)34-19-7-4-5-8-20-35-30-10-6-9-21-36-30/h11,25-30H,4-10,12-22H2,1-3H3/t25-,26?,27+,28?,29?,30?,31-,32+/m0/s1. The Balaban J connectivity index is 1.04. The van der Waals surface area contributed by atoms with E-state index in [9.17, 15) is 4.79 Å². The number of hydrogen-bond donors (Lipinski definition) is 0. The maximum absolute atomic E-state index is 12.4. The summed E-state index contributed by atoms with van der Waals surface area (Å²) in [6.45, 7) is 9.47. The van der Waals surface area contributed by atoms with Crippen LogP contribution in [0.25, 0.3) is 0 Å². The Kier molecular flexibility index (Phi) is 8.64. The molecule has 4 unspecified atom stereocenters. The van der Waals surface area contributed by atoms with Gasteiger partial charge in [-0.25, -0.2) is 0 Å². The molecule has 1 saturated heterocycles. The van der Waals surface area contributed by atoms with Gasteiger partial charge >= 0.3 is 0 Å². The third kappa shape index (κ3) is 5.38. The molecule has 5 aliphatic rings. The van der Waals surface area contributed by atoms with Crippen molar-refractivity contribution < 1.29 is 19.0 Å². The number of carbonyl (C=O) groups excluding carboxylic acids is 1. The predicted molar refractivity (Wildman–Crippen MR) is 144 cm³/mol. The van der Waals surface area contributed by atoms with E-state index in [1.807, 2.05) is 6.92 Å². The van der Waals surface area contributed by atoms with Crippen molar-refractivity contribution >= 4 is 5.78 Å². The van der Waals surface area contributed by atoms with Gasteiger partial charge in [0.1, 0.15) is 5.78 Å². The number of rotatable bonds is 10. The van der Waals surface area contributed by atoms with Gasteiger partial charge in [-0.2, -0.15) is 0 Å². The topological polar surface area (TPSA) is 44.8 Å². The zero-order valence-electron chi connectivity index (χ0n) is 23.4. The fourth-order valence-corrected chi connectivity index (χ4v) is 9.30. The van der Waals surface area contributed by atoms with Crippen LogP contribution in [-0.2, 0) is 19.0 Å². The molecule has 5 rings (SSSR count). The van der Waals surface area contributed by atoms with E-state index in [0.29, 0.717) is 23.2 Å². The van der Waals surface area contributed by atoms with Crippen molar-refractivity contribution in [2.24, 2.45) is 34.5 Å². The summed E-state index contributed by atoms with van der Waals surface area (Å²) >= 11 is 0. The summed E-state index contributed by atoms with van der Waals surface area (Å²) in [6, 6.07) is 0. The second kappa shape index (κ2) is 11.6. The number of carbonyl (C=O) groups is 1. The molecule has 1 aliphatic heterocycles. The highest BCUT2D eigenvalue weighted by molar-refractivity contribution is 5.79. The van der Waals surface area contributed by atoms with Crippen LogP contribution in [0.3, 0.4) is 0 Å². The monoisotopic (exact) mass is 500 g/mol. The second-order valence-corrected chi connectivity index (χ2v) is 13.4. The molecule has 204 valence electrons. The van der Waals surface area contributed by atoms with E-state index in [-0.39, 0.29) is 11.7 Å². The van der Waals surface area contributed by atoms with Crippen LogP contribution in [0, 0.1) is 34.5 Å². The lowest BCUT2D eigenvalue weighted by atomic mass is 9.47. The Bertz CT molecular complexity index is 785. The number of Topliss-reactive ketones (excluding diaryl/α,β-unsaturated/α-hetero) is 1. The van der Waals surface area contributed by atoms with Crippen molar-refractivity contribution in [1.82, 2.24) is 0 Å². The summed E-state index contributed by atoms with van der Waals surface area (Å²) in [6.07, 6.45) is 21.2. The molecule has 4 nitrogen and oxygen atoms in total. The van der Waals surface area contributed by atoms with Crippen LogP contribution in [-0.4, -0.2) is 38.0 Å². The molecule has 0 aromatic heterocycles. The zero-order chi connectivity index (χ0) is 25.2. The Hall–Kier alpha value is -0.710. The van der Waals surface area contributed by atoms with Gasteiger partial charge in [0.25, 0.3) is 0 Å². The molecule has 36 heavy (non-hydrogen) atoms. The molecule has 0 bridgehead atoms. The molecule has 4 heteroatoms. The van der Waals surface area contributed by atoms with Gasteiger partial charge in [-0.15, -0.1) is 0 Å². The number of ether oxygens (including phenoxy) is 3. The number of unbranched alkanes of at least 4 members (excludes halogenated alkanes) is 3.